The number of carbonyl (C=O) groups is 1. The molecule has 0 bridgehead atoms. The summed E-state index contributed by atoms with van der Waals surface area (Å²) < 4.78 is 0. The molecular weight excluding hydrogens is 262 g/mol. The van der Waals surface area contributed by atoms with Crippen LogP contribution in [0.4, 0.5) is 0 Å². The van der Waals surface area contributed by atoms with E-state index in [9.17, 15) is 4.79 Å². The Bertz CT molecular complexity index is 567. The van der Waals surface area contributed by atoms with Crippen molar-refractivity contribution >= 4 is 17.2 Å². The van der Waals surface area contributed by atoms with Crippen molar-refractivity contribution in [2.75, 3.05) is 20.8 Å². The molecule has 0 fully saturated rings. The monoisotopic (exact) mass is 277 g/mol. The second kappa shape index (κ2) is 5.85. The summed E-state index contributed by atoms with van der Waals surface area (Å²) in [5, 5.41) is 3.24. The second-order valence-electron chi connectivity index (χ2n) is 4.27. The first-order chi connectivity index (χ1) is 9.08. The Kier molecular flexibility index (Phi) is 4.18. The van der Waals surface area contributed by atoms with E-state index >= 15 is 0 Å². The molecule has 1 N–H and O–H groups in total. The Balaban J connectivity index is 2.19. The van der Waals surface area contributed by atoms with Crippen molar-refractivity contribution < 1.29 is 4.79 Å². The standard InChI is InChI=1S/C12H15N5OS/c1-8-10(9-4-5-13-6-14-9)19-12(16-8)11(18)15-7-17(2)3/h4-6H,7H2,1-3H3,(H,15,18). The van der Waals surface area contributed by atoms with Gasteiger partial charge in [-0.15, -0.1) is 11.3 Å². The highest BCUT2D eigenvalue weighted by Gasteiger charge is 2.16. The maximum Gasteiger partial charge on any atom is 0.281 e. The summed E-state index contributed by atoms with van der Waals surface area (Å²) in [6, 6.07) is 1.81. The van der Waals surface area contributed by atoms with Crippen molar-refractivity contribution in [2.24, 2.45) is 0 Å². The van der Waals surface area contributed by atoms with E-state index < -0.39 is 0 Å². The number of nitrogens with one attached hydrogen (secondary N) is 1. The molecule has 0 saturated heterocycles. The topological polar surface area (TPSA) is 71.0 Å². The van der Waals surface area contributed by atoms with Crippen LogP contribution < -0.4 is 5.32 Å². The van der Waals surface area contributed by atoms with Gasteiger partial charge in [0.2, 0.25) is 0 Å². The van der Waals surface area contributed by atoms with Crippen LogP contribution in [0.5, 0.6) is 0 Å². The summed E-state index contributed by atoms with van der Waals surface area (Å²) in [4.78, 5) is 27.1. The SMILES string of the molecule is Cc1nc(C(=O)NCN(C)C)sc1-c1ccncn1. The lowest BCUT2D eigenvalue weighted by atomic mass is 10.3. The van der Waals surface area contributed by atoms with Crippen molar-refractivity contribution in [3.8, 4) is 10.6 Å². The van der Waals surface area contributed by atoms with Crippen molar-refractivity contribution in [1.29, 1.82) is 0 Å². The van der Waals surface area contributed by atoms with E-state index in [1.165, 1.54) is 17.7 Å². The summed E-state index contributed by atoms with van der Waals surface area (Å²) in [7, 11) is 3.78. The van der Waals surface area contributed by atoms with Crippen molar-refractivity contribution in [1.82, 2.24) is 25.2 Å². The summed E-state index contributed by atoms with van der Waals surface area (Å²) in [5.41, 5.74) is 1.59. The van der Waals surface area contributed by atoms with Gasteiger partial charge in [0, 0.05) is 6.20 Å². The van der Waals surface area contributed by atoms with Crippen LogP contribution in [0.15, 0.2) is 18.6 Å². The van der Waals surface area contributed by atoms with Crippen LogP contribution in [0.25, 0.3) is 10.6 Å². The van der Waals surface area contributed by atoms with E-state index in [1.807, 2.05) is 32.0 Å². The van der Waals surface area contributed by atoms with Gasteiger partial charge in [0.1, 0.15) is 6.33 Å². The lowest BCUT2D eigenvalue weighted by Crippen LogP contribution is -2.32. The van der Waals surface area contributed by atoms with Gasteiger partial charge in [-0.2, -0.15) is 0 Å². The number of thiazole rings is 1. The Morgan fingerprint density at radius 3 is 2.89 bits per heavy atom. The predicted octanol–water partition coefficient (Wildman–Crippen LogP) is 1.16. The summed E-state index contributed by atoms with van der Waals surface area (Å²) >= 11 is 1.34. The molecule has 2 aromatic heterocycles. The molecule has 0 unspecified atom stereocenters. The summed E-state index contributed by atoms with van der Waals surface area (Å²) in [5.74, 6) is -0.165. The van der Waals surface area contributed by atoms with Crippen LogP contribution >= 0.6 is 11.3 Å². The Labute approximate surface area is 115 Å². The number of amides is 1. The molecule has 0 aliphatic rings. The van der Waals surface area contributed by atoms with E-state index in [4.69, 9.17) is 0 Å². The van der Waals surface area contributed by atoms with Gasteiger partial charge in [0.25, 0.3) is 5.91 Å². The number of hydrogen-bond donors (Lipinski definition) is 1. The van der Waals surface area contributed by atoms with Crippen molar-refractivity contribution in [3.63, 3.8) is 0 Å². The van der Waals surface area contributed by atoms with Gasteiger partial charge in [0.05, 0.1) is 22.9 Å². The number of nitrogens with zero attached hydrogens (tertiary/aromatic N) is 4. The first kappa shape index (κ1) is 13.6. The molecule has 19 heavy (non-hydrogen) atoms. The maximum absolute atomic E-state index is 11.9. The fourth-order valence-corrected chi connectivity index (χ4v) is 2.42. The zero-order valence-corrected chi connectivity index (χ0v) is 11.9. The minimum Gasteiger partial charge on any atom is -0.337 e. The molecule has 0 spiro atoms. The molecule has 2 aromatic rings. The van der Waals surface area contributed by atoms with Crippen LogP contribution in [0.2, 0.25) is 0 Å². The van der Waals surface area contributed by atoms with E-state index in [1.54, 1.807) is 6.20 Å². The first-order valence-electron chi connectivity index (χ1n) is 5.74. The van der Waals surface area contributed by atoms with Gasteiger partial charge in [0.15, 0.2) is 5.01 Å². The number of hydrogen-bond acceptors (Lipinski definition) is 6. The van der Waals surface area contributed by atoms with Gasteiger partial charge >= 0.3 is 0 Å². The molecular formula is C12H15N5OS. The normalized spacial score (nSPS) is 10.7. The van der Waals surface area contributed by atoms with E-state index in [0.29, 0.717) is 11.7 Å². The van der Waals surface area contributed by atoms with Crippen LogP contribution in [0, 0.1) is 6.92 Å². The number of aromatic nitrogens is 3. The molecule has 1 amide bonds. The average Bonchev–Trinajstić information content (AvgIpc) is 2.79. The highest BCUT2D eigenvalue weighted by Crippen LogP contribution is 2.27. The molecule has 2 rings (SSSR count). The highest BCUT2D eigenvalue weighted by molar-refractivity contribution is 7.17. The molecule has 0 radical (unpaired) electrons. The number of aryl methyl sites for hydroxylation is 1. The molecule has 0 aromatic carbocycles. The molecule has 0 aliphatic heterocycles. The quantitative estimate of drug-likeness (QED) is 0.849. The van der Waals surface area contributed by atoms with Crippen molar-refractivity contribution in [2.45, 2.75) is 6.92 Å². The predicted molar refractivity (Wildman–Crippen MR) is 73.9 cm³/mol. The summed E-state index contributed by atoms with van der Waals surface area (Å²) in [6.45, 7) is 2.36. The lowest BCUT2D eigenvalue weighted by molar-refractivity contribution is 0.0935. The van der Waals surface area contributed by atoms with Crippen LogP contribution in [0.3, 0.4) is 0 Å². The molecule has 0 saturated carbocycles. The third-order valence-corrected chi connectivity index (χ3v) is 3.54. The molecule has 0 aliphatic carbocycles. The van der Waals surface area contributed by atoms with E-state index in [2.05, 4.69) is 20.3 Å². The Hall–Kier alpha value is -1.86. The number of rotatable bonds is 4. The second-order valence-corrected chi connectivity index (χ2v) is 5.27. The van der Waals surface area contributed by atoms with Crippen molar-refractivity contribution in [3.05, 3.63) is 29.3 Å². The highest BCUT2D eigenvalue weighted by atomic mass is 32.1. The smallest absolute Gasteiger partial charge is 0.281 e. The maximum atomic E-state index is 11.9. The zero-order chi connectivity index (χ0) is 13.8. The molecule has 0 atom stereocenters. The van der Waals surface area contributed by atoms with E-state index in [0.717, 1.165) is 16.3 Å². The van der Waals surface area contributed by atoms with Gasteiger partial charge in [-0.1, -0.05) is 0 Å². The molecule has 6 nitrogen and oxygen atoms in total. The third kappa shape index (κ3) is 3.33. The van der Waals surface area contributed by atoms with Gasteiger partial charge in [-0.05, 0) is 27.1 Å². The van der Waals surface area contributed by atoms with Gasteiger partial charge < -0.3 is 5.32 Å². The molecule has 2 heterocycles. The number of carbonyl (C=O) groups excluding carboxylic acids is 1. The van der Waals surface area contributed by atoms with Crippen LogP contribution in [0.1, 0.15) is 15.5 Å². The fraction of sp³-hybridized carbons (Fsp3) is 0.333. The third-order valence-electron chi connectivity index (χ3n) is 2.36. The molecule has 100 valence electrons. The zero-order valence-electron chi connectivity index (χ0n) is 11.0. The summed E-state index contributed by atoms with van der Waals surface area (Å²) in [6.07, 6.45) is 3.16. The van der Waals surface area contributed by atoms with E-state index in [-0.39, 0.29) is 5.91 Å². The van der Waals surface area contributed by atoms with Crippen LogP contribution in [-0.4, -0.2) is 46.5 Å². The van der Waals surface area contributed by atoms with Gasteiger partial charge in [-0.3, -0.25) is 9.69 Å². The van der Waals surface area contributed by atoms with Gasteiger partial charge in [-0.25, -0.2) is 15.0 Å². The Morgan fingerprint density at radius 2 is 2.26 bits per heavy atom. The largest absolute Gasteiger partial charge is 0.337 e. The Morgan fingerprint density at radius 1 is 1.47 bits per heavy atom. The fourth-order valence-electron chi connectivity index (χ4n) is 1.46. The average molecular weight is 277 g/mol. The minimum absolute atomic E-state index is 0.165. The molecule has 7 heteroatoms. The lowest BCUT2D eigenvalue weighted by Gasteiger charge is -2.09. The minimum atomic E-state index is -0.165. The van der Waals surface area contributed by atoms with Crippen LogP contribution in [-0.2, 0) is 0 Å². The first-order valence-corrected chi connectivity index (χ1v) is 6.56.